The van der Waals surface area contributed by atoms with Crippen LogP contribution in [0.25, 0.3) is 0 Å². The number of rotatable bonds is 5. The van der Waals surface area contributed by atoms with Crippen LogP contribution >= 0.6 is 0 Å². The standard InChI is InChI=1S/C17H30N2/c1-7-12-9-14(15(10(3)4)11(5)6)17(19)13(8-2)16(12)18/h9-11,15H,7-8,18-19H2,1-6H3. The van der Waals surface area contributed by atoms with Crippen LogP contribution in [0.15, 0.2) is 6.07 Å². The molecule has 0 heterocycles. The molecule has 19 heavy (non-hydrogen) atoms. The SMILES string of the molecule is CCc1cc(C(C(C)C)C(C)C)c(N)c(CC)c1N. The Morgan fingerprint density at radius 3 is 1.79 bits per heavy atom. The first-order valence-corrected chi connectivity index (χ1v) is 7.54. The van der Waals surface area contributed by atoms with Crippen molar-refractivity contribution in [3.05, 3.63) is 22.8 Å². The zero-order valence-electron chi connectivity index (χ0n) is 13.4. The molecule has 0 atom stereocenters. The van der Waals surface area contributed by atoms with Gasteiger partial charge in [-0.3, -0.25) is 0 Å². The van der Waals surface area contributed by atoms with Crippen molar-refractivity contribution in [2.75, 3.05) is 11.5 Å². The van der Waals surface area contributed by atoms with E-state index in [-0.39, 0.29) is 0 Å². The van der Waals surface area contributed by atoms with Crippen molar-refractivity contribution in [3.63, 3.8) is 0 Å². The summed E-state index contributed by atoms with van der Waals surface area (Å²) in [4.78, 5) is 0. The van der Waals surface area contributed by atoms with Crippen LogP contribution in [-0.2, 0) is 12.8 Å². The summed E-state index contributed by atoms with van der Waals surface area (Å²) >= 11 is 0. The predicted octanol–water partition coefficient (Wildman–Crippen LogP) is 4.37. The summed E-state index contributed by atoms with van der Waals surface area (Å²) < 4.78 is 0. The Kier molecular flexibility index (Phi) is 5.28. The van der Waals surface area contributed by atoms with Gasteiger partial charge < -0.3 is 11.5 Å². The second-order valence-electron chi connectivity index (χ2n) is 6.15. The maximum atomic E-state index is 6.41. The van der Waals surface area contributed by atoms with Gasteiger partial charge in [-0.05, 0) is 47.3 Å². The molecule has 0 bridgehead atoms. The first-order valence-electron chi connectivity index (χ1n) is 7.54. The summed E-state index contributed by atoms with van der Waals surface area (Å²) in [5.74, 6) is 1.66. The first-order chi connectivity index (χ1) is 8.84. The van der Waals surface area contributed by atoms with E-state index in [1.54, 1.807) is 0 Å². The quantitative estimate of drug-likeness (QED) is 0.774. The molecular weight excluding hydrogens is 232 g/mol. The molecule has 4 N–H and O–H groups in total. The Balaban J connectivity index is 3.50. The Labute approximate surface area is 118 Å². The van der Waals surface area contributed by atoms with E-state index < -0.39 is 0 Å². The molecule has 0 fully saturated rings. The predicted molar refractivity (Wildman–Crippen MR) is 86.4 cm³/mol. The molecule has 2 heteroatoms. The van der Waals surface area contributed by atoms with Crippen LogP contribution in [0.3, 0.4) is 0 Å². The van der Waals surface area contributed by atoms with Crippen LogP contribution in [0.4, 0.5) is 11.4 Å². The highest BCUT2D eigenvalue weighted by atomic mass is 14.6. The fourth-order valence-corrected chi connectivity index (χ4v) is 3.29. The third-order valence-electron chi connectivity index (χ3n) is 4.17. The molecule has 1 aromatic carbocycles. The van der Waals surface area contributed by atoms with E-state index in [0.29, 0.717) is 17.8 Å². The molecule has 1 aromatic rings. The van der Waals surface area contributed by atoms with E-state index in [1.807, 2.05) is 0 Å². The van der Waals surface area contributed by atoms with Crippen molar-refractivity contribution < 1.29 is 0 Å². The van der Waals surface area contributed by atoms with Gasteiger partial charge in [-0.25, -0.2) is 0 Å². The molecule has 0 saturated carbocycles. The number of hydrogen-bond acceptors (Lipinski definition) is 2. The van der Waals surface area contributed by atoms with Crippen molar-refractivity contribution in [3.8, 4) is 0 Å². The number of aryl methyl sites for hydroxylation is 1. The fraction of sp³-hybridized carbons (Fsp3) is 0.647. The van der Waals surface area contributed by atoms with Crippen LogP contribution in [-0.4, -0.2) is 0 Å². The summed E-state index contributed by atoms with van der Waals surface area (Å²) in [5.41, 5.74) is 18.2. The number of nitrogen functional groups attached to an aromatic ring is 2. The topological polar surface area (TPSA) is 52.0 Å². The lowest BCUT2D eigenvalue weighted by atomic mass is 9.77. The van der Waals surface area contributed by atoms with Crippen LogP contribution in [0, 0.1) is 11.8 Å². The zero-order valence-corrected chi connectivity index (χ0v) is 13.4. The molecule has 1 rings (SSSR count). The summed E-state index contributed by atoms with van der Waals surface area (Å²) in [7, 11) is 0. The summed E-state index contributed by atoms with van der Waals surface area (Å²) in [5, 5.41) is 0. The van der Waals surface area contributed by atoms with Gasteiger partial charge in [-0.15, -0.1) is 0 Å². The largest absolute Gasteiger partial charge is 0.398 e. The third kappa shape index (κ3) is 3.05. The van der Waals surface area contributed by atoms with E-state index >= 15 is 0 Å². The zero-order chi connectivity index (χ0) is 14.7. The van der Waals surface area contributed by atoms with E-state index in [1.165, 1.54) is 11.1 Å². The minimum atomic E-state index is 0.496. The maximum Gasteiger partial charge on any atom is 0.0402 e. The smallest absolute Gasteiger partial charge is 0.0402 e. The van der Waals surface area contributed by atoms with Crippen molar-refractivity contribution >= 4 is 11.4 Å². The van der Waals surface area contributed by atoms with Gasteiger partial charge in [0.05, 0.1) is 0 Å². The highest BCUT2D eigenvalue weighted by Gasteiger charge is 2.24. The van der Waals surface area contributed by atoms with E-state index in [9.17, 15) is 0 Å². The lowest BCUT2D eigenvalue weighted by Crippen LogP contribution is -2.17. The minimum absolute atomic E-state index is 0.496. The van der Waals surface area contributed by atoms with Crippen molar-refractivity contribution in [2.45, 2.75) is 60.3 Å². The average Bonchev–Trinajstić information content (AvgIpc) is 2.32. The molecule has 0 radical (unpaired) electrons. The second kappa shape index (κ2) is 6.31. The van der Waals surface area contributed by atoms with Crippen LogP contribution in [0.1, 0.15) is 64.2 Å². The molecule has 0 spiro atoms. The molecule has 0 aromatic heterocycles. The number of hydrogen-bond donors (Lipinski definition) is 2. The van der Waals surface area contributed by atoms with Crippen molar-refractivity contribution in [2.24, 2.45) is 11.8 Å². The van der Waals surface area contributed by atoms with Crippen molar-refractivity contribution in [1.82, 2.24) is 0 Å². The number of anilines is 2. The second-order valence-corrected chi connectivity index (χ2v) is 6.15. The summed E-state index contributed by atoms with van der Waals surface area (Å²) in [6.45, 7) is 13.4. The van der Waals surface area contributed by atoms with Crippen LogP contribution < -0.4 is 11.5 Å². The van der Waals surface area contributed by atoms with Gasteiger partial charge in [0.1, 0.15) is 0 Å². The molecule has 108 valence electrons. The highest BCUT2D eigenvalue weighted by molar-refractivity contribution is 5.70. The number of benzene rings is 1. The maximum absolute atomic E-state index is 6.41. The van der Waals surface area contributed by atoms with Gasteiger partial charge in [0, 0.05) is 11.4 Å². The molecular formula is C17H30N2. The number of nitrogens with two attached hydrogens (primary N) is 2. The lowest BCUT2D eigenvalue weighted by Gasteiger charge is -2.29. The van der Waals surface area contributed by atoms with Crippen LogP contribution in [0.2, 0.25) is 0 Å². The summed E-state index contributed by atoms with van der Waals surface area (Å²) in [6, 6.07) is 2.24. The Morgan fingerprint density at radius 2 is 1.42 bits per heavy atom. The van der Waals surface area contributed by atoms with E-state index in [4.69, 9.17) is 11.5 Å². The lowest BCUT2D eigenvalue weighted by molar-refractivity contribution is 0.388. The van der Waals surface area contributed by atoms with Gasteiger partial charge in [-0.1, -0.05) is 47.6 Å². The van der Waals surface area contributed by atoms with Gasteiger partial charge >= 0.3 is 0 Å². The van der Waals surface area contributed by atoms with Gasteiger partial charge in [0.15, 0.2) is 0 Å². The normalized spacial score (nSPS) is 11.8. The van der Waals surface area contributed by atoms with Crippen molar-refractivity contribution in [1.29, 1.82) is 0 Å². The molecule has 0 aliphatic rings. The molecule has 0 aliphatic heterocycles. The monoisotopic (exact) mass is 262 g/mol. The Hall–Kier alpha value is -1.18. The molecule has 0 saturated heterocycles. The van der Waals surface area contributed by atoms with Crippen LogP contribution in [0.5, 0.6) is 0 Å². The summed E-state index contributed by atoms with van der Waals surface area (Å²) in [6.07, 6.45) is 1.87. The average molecular weight is 262 g/mol. The van der Waals surface area contributed by atoms with E-state index in [2.05, 4.69) is 47.6 Å². The van der Waals surface area contributed by atoms with Gasteiger partial charge in [-0.2, -0.15) is 0 Å². The minimum Gasteiger partial charge on any atom is -0.398 e. The van der Waals surface area contributed by atoms with Gasteiger partial charge in [0.25, 0.3) is 0 Å². The molecule has 0 aliphatic carbocycles. The van der Waals surface area contributed by atoms with Gasteiger partial charge in [0.2, 0.25) is 0 Å². The highest BCUT2D eigenvalue weighted by Crippen LogP contribution is 2.39. The Bertz CT molecular complexity index is 425. The first kappa shape index (κ1) is 15.9. The fourth-order valence-electron chi connectivity index (χ4n) is 3.29. The molecule has 0 amide bonds. The molecule has 2 nitrogen and oxygen atoms in total. The molecule has 0 unspecified atom stereocenters. The van der Waals surface area contributed by atoms with E-state index in [0.717, 1.165) is 29.8 Å². The third-order valence-corrected chi connectivity index (χ3v) is 4.17. The Morgan fingerprint density at radius 1 is 0.895 bits per heavy atom.